The standard InChI is InChI=1S/C25H33N3O7/c1-7-12-35-24(30)20-16(6)26-15(5)19(21(20)17-10-9-11-18(13-17)28(32)33)23(29)27-22(14(3)4)25(31)34-8-2/h9-11,13-14,20-22H,7-8,12H2,1-6H3,(H,27,29)/t20?,21-,22-/m0/s1. The average molecular weight is 488 g/mol. The van der Waals surface area contributed by atoms with Crippen LogP contribution < -0.4 is 5.32 Å². The fourth-order valence-electron chi connectivity index (χ4n) is 4.07. The van der Waals surface area contributed by atoms with E-state index < -0.39 is 40.6 Å². The SMILES string of the molecule is CCCOC(=O)C1C(C)=NC(C)=C(C(=O)N[C@H](C(=O)OCC)C(C)C)[C@@H]1c1cccc([N+](=O)[O-])c1. The van der Waals surface area contributed by atoms with Crippen molar-refractivity contribution in [3.63, 3.8) is 0 Å². The number of nitro groups is 1. The number of aliphatic imine (C=N–C) groups is 1. The lowest BCUT2D eigenvalue weighted by Gasteiger charge is -2.33. The van der Waals surface area contributed by atoms with Crippen molar-refractivity contribution >= 4 is 29.2 Å². The Bertz CT molecular complexity index is 1050. The Balaban J connectivity index is 2.62. The third kappa shape index (κ3) is 6.52. The highest BCUT2D eigenvalue weighted by atomic mass is 16.6. The van der Waals surface area contributed by atoms with Gasteiger partial charge in [-0.3, -0.25) is 24.7 Å². The lowest BCUT2D eigenvalue weighted by atomic mass is 9.75. The molecule has 1 aromatic rings. The van der Waals surface area contributed by atoms with Gasteiger partial charge in [0.2, 0.25) is 5.91 Å². The molecular formula is C25H33N3O7. The molecule has 190 valence electrons. The number of hydrogen-bond acceptors (Lipinski definition) is 8. The number of nitro benzene ring substituents is 1. The number of non-ortho nitro benzene ring substituents is 1. The van der Waals surface area contributed by atoms with Crippen molar-refractivity contribution in [3.8, 4) is 0 Å². The van der Waals surface area contributed by atoms with Gasteiger partial charge in [-0.1, -0.05) is 32.9 Å². The van der Waals surface area contributed by atoms with Gasteiger partial charge < -0.3 is 14.8 Å². The van der Waals surface area contributed by atoms with E-state index in [1.54, 1.807) is 40.7 Å². The molecule has 1 N–H and O–H groups in total. The zero-order valence-electron chi connectivity index (χ0n) is 21.0. The van der Waals surface area contributed by atoms with E-state index in [2.05, 4.69) is 10.3 Å². The summed E-state index contributed by atoms with van der Waals surface area (Å²) in [5, 5.41) is 14.2. The molecule has 0 fully saturated rings. The van der Waals surface area contributed by atoms with Gasteiger partial charge in [0.1, 0.15) is 12.0 Å². The monoisotopic (exact) mass is 487 g/mol. The van der Waals surface area contributed by atoms with E-state index in [0.29, 0.717) is 23.4 Å². The summed E-state index contributed by atoms with van der Waals surface area (Å²) in [5.74, 6) is -3.88. The first-order chi connectivity index (χ1) is 16.5. The largest absolute Gasteiger partial charge is 0.465 e. The van der Waals surface area contributed by atoms with Gasteiger partial charge in [-0.15, -0.1) is 0 Å². The van der Waals surface area contributed by atoms with Crippen LogP contribution in [0, 0.1) is 22.0 Å². The fraction of sp³-hybridized carbons (Fsp3) is 0.520. The molecule has 1 amide bonds. The summed E-state index contributed by atoms with van der Waals surface area (Å²) in [6.07, 6.45) is 0.605. The number of nitrogens with one attached hydrogen (secondary N) is 1. The highest BCUT2D eigenvalue weighted by Crippen LogP contribution is 2.40. The fourth-order valence-corrected chi connectivity index (χ4v) is 4.07. The molecule has 0 bridgehead atoms. The maximum atomic E-state index is 13.6. The van der Waals surface area contributed by atoms with E-state index >= 15 is 0 Å². The number of ether oxygens (including phenoxy) is 2. The summed E-state index contributed by atoms with van der Waals surface area (Å²) in [5.41, 5.74) is 1.15. The Morgan fingerprint density at radius 1 is 1.17 bits per heavy atom. The number of nitrogens with zero attached hydrogens (tertiary/aromatic N) is 2. The highest BCUT2D eigenvalue weighted by Gasteiger charge is 2.43. The van der Waals surface area contributed by atoms with Gasteiger partial charge in [0, 0.05) is 35.0 Å². The van der Waals surface area contributed by atoms with Crippen molar-refractivity contribution in [1.29, 1.82) is 0 Å². The van der Waals surface area contributed by atoms with Crippen LogP contribution in [0.4, 0.5) is 5.69 Å². The molecule has 10 nitrogen and oxygen atoms in total. The van der Waals surface area contributed by atoms with Crippen LogP contribution in [0.2, 0.25) is 0 Å². The van der Waals surface area contributed by atoms with E-state index in [0.717, 1.165) is 0 Å². The van der Waals surface area contributed by atoms with Gasteiger partial charge in [-0.2, -0.15) is 0 Å². The van der Waals surface area contributed by atoms with Crippen LogP contribution in [0.3, 0.4) is 0 Å². The van der Waals surface area contributed by atoms with Crippen molar-refractivity contribution in [3.05, 3.63) is 51.2 Å². The number of allylic oxidation sites excluding steroid dienone is 1. The number of carbonyl (C=O) groups excluding carboxylic acids is 3. The van der Waals surface area contributed by atoms with Crippen LogP contribution in [0.1, 0.15) is 59.4 Å². The minimum atomic E-state index is -0.965. The van der Waals surface area contributed by atoms with Crippen molar-refractivity contribution < 1.29 is 28.8 Å². The molecule has 3 atom stereocenters. The first-order valence-electron chi connectivity index (χ1n) is 11.7. The molecule has 0 saturated carbocycles. The molecule has 1 aliphatic rings. The van der Waals surface area contributed by atoms with Crippen LogP contribution in [-0.4, -0.2) is 47.7 Å². The first-order valence-corrected chi connectivity index (χ1v) is 11.7. The summed E-state index contributed by atoms with van der Waals surface area (Å²) in [6, 6.07) is 4.88. The number of hydrogen-bond donors (Lipinski definition) is 1. The summed E-state index contributed by atoms with van der Waals surface area (Å²) in [4.78, 5) is 54.5. The molecular weight excluding hydrogens is 454 g/mol. The molecule has 1 unspecified atom stereocenters. The lowest BCUT2D eigenvalue weighted by molar-refractivity contribution is -0.384. The summed E-state index contributed by atoms with van der Waals surface area (Å²) < 4.78 is 10.5. The third-order valence-corrected chi connectivity index (χ3v) is 5.71. The molecule has 0 aromatic heterocycles. The second-order valence-corrected chi connectivity index (χ2v) is 8.67. The first kappa shape index (κ1) is 27.7. The normalized spacial score (nSPS) is 18.5. The zero-order chi connectivity index (χ0) is 26.3. The van der Waals surface area contributed by atoms with E-state index in [1.165, 1.54) is 18.2 Å². The second-order valence-electron chi connectivity index (χ2n) is 8.67. The van der Waals surface area contributed by atoms with Crippen LogP contribution in [0.25, 0.3) is 0 Å². The molecule has 1 heterocycles. The Labute approximate surface area is 204 Å². The Morgan fingerprint density at radius 3 is 2.43 bits per heavy atom. The van der Waals surface area contributed by atoms with Gasteiger partial charge in [0.05, 0.1) is 18.1 Å². The molecule has 0 radical (unpaired) electrons. The van der Waals surface area contributed by atoms with Crippen LogP contribution >= 0.6 is 0 Å². The number of carbonyl (C=O) groups is 3. The minimum Gasteiger partial charge on any atom is -0.465 e. The van der Waals surface area contributed by atoms with Gasteiger partial charge >= 0.3 is 11.9 Å². The van der Waals surface area contributed by atoms with Crippen molar-refractivity contribution in [2.75, 3.05) is 13.2 Å². The molecule has 10 heteroatoms. The average Bonchev–Trinajstić information content (AvgIpc) is 2.80. The predicted octanol–water partition coefficient (Wildman–Crippen LogP) is 3.70. The molecule has 0 aliphatic carbocycles. The third-order valence-electron chi connectivity index (χ3n) is 5.71. The van der Waals surface area contributed by atoms with Crippen LogP contribution in [-0.2, 0) is 23.9 Å². The van der Waals surface area contributed by atoms with E-state index in [4.69, 9.17) is 9.47 Å². The van der Waals surface area contributed by atoms with Crippen LogP contribution in [0.5, 0.6) is 0 Å². The molecule has 1 aliphatic heterocycles. The number of rotatable bonds is 10. The molecule has 35 heavy (non-hydrogen) atoms. The molecule has 0 spiro atoms. The molecule has 0 saturated heterocycles. The maximum absolute atomic E-state index is 13.6. The van der Waals surface area contributed by atoms with Crippen LogP contribution in [0.15, 0.2) is 40.5 Å². The van der Waals surface area contributed by atoms with E-state index in [1.807, 2.05) is 6.92 Å². The van der Waals surface area contributed by atoms with E-state index in [9.17, 15) is 24.5 Å². The zero-order valence-corrected chi connectivity index (χ0v) is 21.0. The van der Waals surface area contributed by atoms with Crippen molar-refractivity contribution in [1.82, 2.24) is 5.32 Å². The molecule has 1 aromatic carbocycles. The number of benzene rings is 1. The molecule has 2 rings (SSSR count). The Morgan fingerprint density at radius 2 is 1.86 bits per heavy atom. The summed E-state index contributed by atoms with van der Waals surface area (Å²) in [6.45, 7) is 10.7. The predicted molar refractivity (Wildman–Crippen MR) is 130 cm³/mol. The van der Waals surface area contributed by atoms with Crippen molar-refractivity contribution in [2.24, 2.45) is 16.8 Å². The highest BCUT2D eigenvalue weighted by molar-refractivity contribution is 6.08. The Kier molecular flexibility index (Phi) is 9.68. The maximum Gasteiger partial charge on any atom is 0.328 e. The number of amides is 1. The summed E-state index contributed by atoms with van der Waals surface area (Å²) >= 11 is 0. The lowest BCUT2D eigenvalue weighted by Crippen LogP contribution is -2.48. The van der Waals surface area contributed by atoms with E-state index in [-0.39, 0.29) is 30.4 Å². The minimum absolute atomic E-state index is 0.143. The van der Waals surface area contributed by atoms with Gasteiger partial charge in [-0.05, 0) is 38.7 Å². The van der Waals surface area contributed by atoms with Gasteiger partial charge in [-0.25, -0.2) is 4.79 Å². The number of esters is 2. The van der Waals surface area contributed by atoms with Crippen molar-refractivity contribution in [2.45, 2.75) is 59.9 Å². The second kappa shape index (κ2) is 12.2. The Hall–Kier alpha value is -3.56. The topological polar surface area (TPSA) is 137 Å². The van der Waals surface area contributed by atoms with Gasteiger partial charge in [0.15, 0.2) is 0 Å². The van der Waals surface area contributed by atoms with Gasteiger partial charge in [0.25, 0.3) is 5.69 Å². The quantitative estimate of drug-likeness (QED) is 0.302. The smallest absolute Gasteiger partial charge is 0.328 e. The summed E-state index contributed by atoms with van der Waals surface area (Å²) in [7, 11) is 0.